The van der Waals surface area contributed by atoms with Gasteiger partial charge in [-0.2, -0.15) is 0 Å². The normalized spacial score (nSPS) is 13.9. The number of nitrogens with zero attached hydrogens (tertiary/aromatic N) is 3. The summed E-state index contributed by atoms with van der Waals surface area (Å²) in [6.45, 7) is 6.25. The maximum atomic E-state index is 12.4. The van der Waals surface area contributed by atoms with Crippen molar-refractivity contribution < 1.29 is 13.2 Å². The van der Waals surface area contributed by atoms with Gasteiger partial charge in [-0.05, 0) is 81.5 Å². The molecule has 0 aliphatic heterocycles. The molecule has 5 rings (SSSR count). The van der Waals surface area contributed by atoms with Crippen LogP contribution in [0.2, 0.25) is 0 Å². The summed E-state index contributed by atoms with van der Waals surface area (Å²) in [6, 6.07) is 15.8. The van der Waals surface area contributed by atoms with Crippen LogP contribution in [0.4, 0.5) is 4.79 Å². The van der Waals surface area contributed by atoms with Crippen molar-refractivity contribution in [2.24, 2.45) is 0 Å². The van der Waals surface area contributed by atoms with Crippen LogP contribution in [0.3, 0.4) is 0 Å². The van der Waals surface area contributed by atoms with Gasteiger partial charge < -0.3 is 5.32 Å². The summed E-state index contributed by atoms with van der Waals surface area (Å²) in [5, 5.41) is 2.63. The van der Waals surface area contributed by atoms with Crippen molar-refractivity contribution in [1.82, 2.24) is 24.6 Å². The Morgan fingerprint density at radius 1 is 1.00 bits per heavy atom. The van der Waals surface area contributed by atoms with Crippen LogP contribution in [0.25, 0.3) is 16.9 Å². The summed E-state index contributed by atoms with van der Waals surface area (Å²) >= 11 is 0. The predicted molar refractivity (Wildman–Crippen MR) is 144 cm³/mol. The number of amides is 2. The van der Waals surface area contributed by atoms with E-state index in [2.05, 4.69) is 39.7 Å². The Bertz CT molecular complexity index is 1550. The molecule has 2 amide bonds. The number of aryl methyl sites for hydroxylation is 3. The minimum absolute atomic E-state index is 0.0528. The Morgan fingerprint density at radius 2 is 1.70 bits per heavy atom. The lowest BCUT2D eigenvalue weighted by Crippen LogP contribution is -2.40. The minimum Gasteiger partial charge on any atom is -0.337 e. The van der Waals surface area contributed by atoms with Crippen molar-refractivity contribution in [2.45, 2.75) is 57.3 Å². The summed E-state index contributed by atoms with van der Waals surface area (Å²) in [7, 11) is -3.91. The van der Waals surface area contributed by atoms with Gasteiger partial charge in [-0.15, -0.1) is 0 Å². The molecule has 0 unspecified atom stereocenters. The SMILES string of the molecule is Cc1ccc(S(=O)(=O)NC(=O)NCCc2ccc(-n3c(C4CCC4)nc4c(C)cc(C)nc43)cc2)cc1. The second-order valence-corrected chi connectivity index (χ2v) is 11.5. The number of nitrogens with one attached hydrogen (secondary N) is 2. The van der Waals surface area contributed by atoms with Crippen LogP contribution in [0.1, 0.15) is 53.4 Å². The quantitative estimate of drug-likeness (QED) is 0.365. The lowest BCUT2D eigenvalue weighted by Gasteiger charge is -2.25. The van der Waals surface area contributed by atoms with Crippen LogP contribution in [0, 0.1) is 20.8 Å². The van der Waals surface area contributed by atoms with Crippen LogP contribution in [0.15, 0.2) is 59.5 Å². The van der Waals surface area contributed by atoms with Crippen molar-refractivity contribution in [1.29, 1.82) is 0 Å². The van der Waals surface area contributed by atoms with E-state index in [9.17, 15) is 13.2 Å². The van der Waals surface area contributed by atoms with E-state index in [1.165, 1.54) is 18.6 Å². The van der Waals surface area contributed by atoms with Crippen molar-refractivity contribution in [3.05, 3.63) is 82.8 Å². The maximum Gasteiger partial charge on any atom is 0.328 e. The van der Waals surface area contributed by atoms with Gasteiger partial charge in [0.1, 0.15) is 11.3 Å². The van der Waals surface area contributed by atoms with E-state index in [4.69, 9.17) is 9.97 Å². The molecule has 1 saturated carbocycles. The summed E-state index contributed by atoms with van der Waals surface area (Å²) in [6.07, 6.45) is 4.08. The third kappa shape index (κ3) is 5.22. The van der Waals surface area contributed by atoms with Gasteiger partial charge in [0, 0.05) is 23.8 Å². The van der Waals surface area contributed by atoms with Crippen molar-refractivity contribution in [3.8, 4) is 5.69 Å². The van der Waals surface area contributed by atoms with E-state index in [1.54, 1.807) is 12.1 Å². The Morgan fingerprint density at radius 3 is 2.35 bits per heavy atom. The summed E-state index contributed by atoms with van der Waals surface area (Å²) < 4.78 is 29.0. The highest BCUT2D eigenvalue weighted by molar-refractivity contribution is 7.90. The van der Waals surface area contributed by atoms with Gasteiger partial charge in [-0.1, -0.05) is 36.2 Å². The lowest BCUT2D eigenvalue weighted by atomic mass is 9.85. The summed E-state index contributed by atoms with van der Waals surface area (Å²) in [4.78, 5) is 22.1. The number of pyridine rings is 1. The fourth-order valence-electron chi connectivity index (χ4n) is 4.64. The number of benzene rings is 2. The number of hydrogen-bond donors (Lipinski definition) is 2. The number of fused-ring (bicyclic) bond motifs is 1. The zero-order valence-corrected chi connectivity index (χ0v) is 22.1. The van der Waals surface area contributed by atoms with Crippen LogP contribution in [-0.4, -0.2) is 35.5 Å². The van der Waals surface area contributed by atoms with Crippen molar-refractivity contribution in [3.63, 3.8) is 0 Å². The molecule has 8 nitrogen and oxygen atoms in total. The van der Waals surface area contributed by atoms with Gasteiger partial charge in [-0.3, -0.25) is 4.57 Å². The molecule has 37 heavy (non-hydrogen) atoms. The molecule has 2 aromatic heterocycles. The average molecular weight is 518 g/mol. The Hall–Kier alpha value is -3.72. The minimum atomic E-state index is -3.91. The molecule has 192 valence electrons. The van der Waals surface area contributed by atoms with Crippen LogP contribution >= 0.6 is 0 Å². The summed E-state index contributed by atoms with van der Waals surface area (Å²) in [5.74, 6) is 1.52. The molecule has 1 aliphatic carbocycles. The maximum absolute atomic E-state index is 12.4. The average Bonchev–Trinajstić information content (AvgIpc) is 3.17. The van der Waals surface area contributed by atoms with Crippen LogP contribution in [-0.2, 0) is 16.4 Å². The first-order valence-corrected chi connectivity index (χ1v) is 14.0. The first-order valence-electron chi connectivity index (χ1n) is 12.5. The predicted octanol–water partition coefficient (Wildman–Crippen LogP) is 4.84. The Labute approximate surface area is 217 Å². The molecular formula is C28H31N5O3S. The number of aromatic nitrogens is 3. The number of carbonyl (C=O) groups excluding carboxylic acids is 1. The first kappa shape index (κ1) is 25.0. The zero-order valence-electron chi connectivity index (χ0n) is 21.3. The number of rotatable bonds is 7. The molecule has 2 N–H and O–H groups in total. The number of carbonyl (C=O) groups is 1. The molecule has 0 radical (unpaired) electrons. The molecule has 0 bridgehead atoms. The number of urea groups is 1. The van der Waals surface area contributed by atoms with Gasteiger partial charge in [0.25, 0.3) is 10.0 Å². The monoisotopic (exact) mass is 517 g/mol. The molecule has 9 heteroatoms. The largest absolute Gasteiger partial charge is 0.337 e. The number of hydrogen-bond acceptors (Lipinski definition) is 5. The highest BCUT2D eigenvalue weighted by atomic mass is 32.2. The molecule has 0 saturated heterocycles. The molecule has 1 fully saturated rings. The fraction of sp³-hybridized carbons (Fsp3) is 0.321. The van der Waals surface area contributed by atoms with E-state index in [-0.39, 0.29) is 4.90 Å². The third-order valence-corrected chi connectivity index (χ3v) is 8.23. The van der Waals surface area contributed by atoms with Crippen molar-refractivity contribution >= 4 is 27.2 Å². The van der Waals surface area contributed by atoms with Crippen molar-refractivity contribution in [2.75, 3.05) is 6.54 Å². The van der Waals surface area contributed by atoms with E-state index >= 15 is 0 Å². The first-order chi connectivity index (χ1) is 17.7. The second-order valence-electron chi connectivity index (χ2n) is 9.78. The summed E-state index contributed by atoms with van der Waals surface area (Å²) in [5.41, 5.74) is 6.92. The van der Waals surface area contributed by atoms with Gasteiger partial charge in [0.2, 0.25) is 0 Å². The second kappa shape index (κ2) is 9.97. The Kier molecular flexibility index (Phi) is 6.72. The topological polar surface area (TPSA) is 106 Å². The van der Waals surface area contributed by atoms with E-state index in [0.717, 1.165) is 57.9 Å². The smallest absolute Gasteiger partial charge is 0.328 e. The Balaban J connectivity index is 1.26. The molecule has 0 spiro atoms. The highest BCUT2D eigenvalue weighted by Crippen LogP contribution is 2.38. The van der Waals surface area contributed by atoms with E-state index in [1.807, 2.05) is 26.0 Å². The molecule has 2 heterocycles. The zero-order chi connectivity index (χ0) is 26.2. The van der Waals surface area contributed by atoms with E-state index < -0.39 is 16.1 Å². The molecule has 2 aromatic carbocycles. The van der Waals surface area contributed by atoms with Gasteiger partial charge in [-0.25, -0.2) is 27.9 Å². The molecule has 0 atom stereocenters. The number of imidazole rings is 1. The number of sulfonamides is 1. The highest BCUT2D eigenvalue weighted by Gasteiger charge is 2.27. The molecule has 1 aliphatic rings. The van der Waals surface area contributed by atoms with Gasteiger partial charge in [0.05, 0.1) is 4.90 Å². The lowest BCUT2D eigenvalue weighted by molar-refractivity contribution is 0.246. The van der Waals surface area contributed by atoms with Gasteiger partial charge in [0.15, 0.2) is 5.65 Å². The van der Waals surface area contributed by atoms with Crippen LogP contribution in [0.5, 0.6) is 0 Å². The third-order valence-electron chi connectivity index (χ3n) is 6.88. The van der Waals surface area contributed by atoms with E-state index in [0.29, 0.717) is 18.9 Å². The molecule has 4 aromatic rings. The fourth-order valence-corrected chi connectivity index (χ4v) is 5.57. The standard InChI is InChI=1S/C28H31N5O3S/c1-18-7-13-24(14-8-18)37(35,36)32-28(34)29-16-15-21-9-11-23(12-10-21)33-26(22-5-4-6-22)31-25-19(2)17-20(3)30-27(25)33/h7-14,17,22H,4-6,15-16H2,1-3H3,(H2,29,32,34). The van der Waals surface area contributed by atoms with Crippen LogP contribution < -0.4 is 10.0 Å². The van der Waals surface area contributed by atoms with Gasteiger partial charge >= 0.3 is 6.03 Å². The molecular weight excluding hydrogens is 486 g/mol.